The van der Waals surface area contributed by atoms with E-state index in [4.69, 9.17) is 18.9 Å². The Morgan fingerprint density at radius 3 is 2.57 bits per heavy atom. The molecule has 6 nitrogen and oxygen atoms in total. The van der Waals surface area contributed by atoms with E-state index in [9.17, 15) is 4.79 Å². The van der Waals surface area contributed by atoms with Crippen molar-refractivity contribution in [3.05, 3.63) is 72.3 Å². The normalized spacial score (nSPS) is 11.8. The standard InChI is InChI=1S/C24H23NO5/c1-2-27-18-9-11-19(12-10-18)30-21-6-4-3-5-20(21)25-24(26)14-8-17-7-13-22-23(15-17)29-16-28-22/h3-7,9-13,15H,2,8,14,16H2,1H3,(H,25,26). The summed E-state index contributed by atoms with van der Waals surface area (Å²) in [7, 11) is 0. The molecule has 0 aliphatic carbocycles. The van der Waals surface area contributed by atoms with Crippen LogP contribution in [0, 0.1) is 0 Å². The van der Waals surface area contributed by atoms with Gasteiger partial charge in [0.25, 0.3) is 0 Å². The predicted octanol–water partition coefficient (Wildman–Crippen LogP) is 5.18. The minimum atomic E-state index is -0.0876. The number of aryl methyl sites for hydroxylation is 1. The molecule has 6 heteroatoms. The fourth-order valence-corrected chi connectivity index (χ4v) is 3.12. The second-order valence-electron chi connectivity index (χ2n) is 6.74. The zero-order valence-electron chi connectivity index (χ0n) is 16.7. The van der Waals surface area contributed by atoms with Gasteiger partial charge in [0.05, 0.1) is 12.3 Å². The lowest BCUT2D eigenvalue weighted by Crippen LogP contribution is -2.13. The first-order valence-electron chi connectivity index (χ1n) is 9.89. The van der Waals surface area contributed by atoms with Crippen LogP contribution in [-0.4, -0.2) is 19.3 Å². The number of ether oxygens (including phenoxy) is 4. The Kier molecular flexibility index (Phi) is 6.03. The lowest BCUT2D eigenvalue weighted by atomic mass is 10.1. The fraction of sp³-hybridized carbons (Fsp3) is 0.208. The monoisotopic (exact) mass is 405 g/mol. The van der Waals surface area contributed by atoms with E-state index in [-0.39, 0.29) is 12.7 Å². The van der Waals surface area contributed by atoms with Crippen LogP contribution in [0.2, 0.25) is 0 Å². The summed E-state index contributed by atoms with van der Waals surface area (Å²) >= 11 is 0. The molecule has 0 saturated heterocycles. The number of rotatable bonds is 8. The van der Waals surface area contributed by atoms with E-state index in [2.05, 4.69) is 5.32 Å². The van der Waals surface area contributed by atoms with Crippen molar-refractivity contribution in [3.63, 3.8) is 0 Å². The third kappa shape index (κ3) is 4.84. The molecule has 0 aromatic heterocycles. The quantitative estimate of drug-likeness (QED) is 0.560. The number of carbonyl (C=O) groups is 1. The Bertz CT molecular complexity index is 1020. The number of carbonyl (C=O) groups excluding carboxylic acids is 1. The van der Waals surface area contributed by atoms with Gasteiger partial charge in [-0.1, -0.05) is 18.2 Å². The van der Waals surface area contributed by atoms with Crippen LogP contribution in [0.25, 0.3) is 0 Å². The van der Waals surface area contributed by atoms with E-state index in [1.165, 1.54) is 0 Å². The van der Waals surface area contributed by atoms with Gasteiger partial charge in [0.1, 0.15) is 11.5 Å². The van der Waals surface area contributed by atoms with Crippen molar-refractivity contribution < 1.29 is 23.7 Å². The van der Waals surface area contributed by atoms with Gasteiger partial charge in [0.2, 0.25) is 12.7 Å². The van der Waals surface area contributed by atoms with Crippen molar-refractivity contribution >= 4 is 11.6 Å². The van der Waals surface area contributed by atoms with Crippen molar-refractivity contribution in [1.29, 1.82) is 0 Å². The molecule has 0 unspecified atom stereocenters. The van der Waals surface area contributed by atoms with Crippen LogP contribution in [0.5, 0.6) is 28.7 Å². The maximum Gasteiger partial charge on any atom is 0.231 e. The van der Waals surface area contributed by atoms with Gasteiger partial charge < -0.3 is 24.3 Å². The summed E-state index contributed by atoms with van der Waals surface area (Å²) in [6.45, 7) is 2.79. The lowest BCUT2D eigenvalue weighted by molar-refractivity contribution is -0.116. The van der Waals surface area contributed by atoms with Crippen molar-refractivity contribution in [2.24, 2.45) is 0 Å². The first-order valence-corrected chi connectivity index (χ1v) is 9.89. The highest BCUT2D eigenvalue weighted by molar-refractivity contribution is 5.92. The van der Waals surface area contributed by atoms with Gasteiger partial charge in [-0.05, 0) is 67.4 Å². The largest absolute Gasteiger partial charge is 0.494 e. The van der Waals surface area contributed by atoms with Crippen LogP contribution in [0.1, 0.15) is 18.9 Å². The molecule has 1 N–H and O–H groups in total. The lowest BCUT2D eigenvalue weighted by Gasteiger charge is -2.13. The van der Waals surface area contributed by atoms with Crippen LogP contribution in [0.15, 0.2) is 66.7 Å². The number of hydrogen-bond acceptors (Lipinski definition) is 5. The Balaban J connectivity index is 1.36. The second-order valence-corrected chi connectivity index (χ2v) is 6.74. The zero-order chi connectivity index (χ0) is 20.8. The molecular weight excluding hydrogens is 382 g/mol. The molecule has 0 saturated carbocycles. The number of anilines is 1. The summed E-state index contributed by atoms with van der Waals surface area (Å²) < 4.78 is 22.1. The number of benzene rings is 3. The summed E-state index contributed by atoms with van der Waals surface area (Å²) in [4.78, 5) is 12.5. The summed E-state index contributed by atoms with van der Waals surface area (Å²) in [5.41, 5.74) is 1.65. The first-order chi connectivity index (χ1) is 14.7. The summed E-state index contributed by atoms with van der Waals surface area (Å²) in [6.07, 6.45) is 0.946. The number of para-hydroxylation sites is 2. The highest BCUT2D eigenvalue weighted by atomic mass is 16.7. The van der Waals surface area contributed by atoms with Crippen molar-refractivity contribution in [1.82, 2.24) is 0 Å². The molecule has 0 fully saturated rings. The number of amides is 1. The molecule has 30 heavy (non-hydrogen) atoms. The van der Waals surface area contributed by atoms with Crippen LogP contribution in [-0.2, 0) is 11.2 Å². The van der Waals surface area contributed by atoms with E-state index in [0.717, 1.165) is 22.8 Å². The summed E-state index contributed by atoms with van der Waals surface area (Å²) in [6, 6.07) is 20.5. The van der Waals surface area contributed by atoms with Gasteiger partial charge in [-0.3, -0.25) is 4.79 Å². The van der Waals surface area contributed by atoms with E-state index < -0.39 is 0 Å². The Labute approximate surface area is 175 Å². The van der Waals surface area contributed by atoms with Crippen LogP contribution >= 0.6 is 0 Å². The van der Waals surface area contributed by atoms with E-state index in [1.54, 1.807) is 0 Å². The maximum atomic E-state index is 12.5. The number of hydrogen-bond donors (Lipinski definition) is 1. The SMILES string of the molecule is CCOc1ccc(Oc2ccccc2NC(=O)CCc2ccc3c(c2)OCO3)cc1. The molecule has 0 spiro atoms. The van der Waals surface area contributed by atoms with Crippen molar-refractivity contribution in [2.75, 3.05) is 18.7 Å². The van der Waals surface area contributed by atoms with Crippen LogP contribution < -0.4 is 24.3 Å². The molecule has 3 aromatic rings. The molecular formula is C24H23NO5. The van der Waals surface area contributed by atoms with Gasteiger partial charge in [-0.25, -0.2) is 0 Å². The smallest absolute Gasteiger partial charge is 0.231 e. The van der Waals surface area contributed by atoms with Crippen molar-refractivity contribution in [3.8, 4) is 28.7 Å². The van der Waals surface area contributed by atoms with E-state index >= 15 is 0 Å². The van der Waals surface area contributed by atoms with Gasteiger partial charge >= 0.3 is 0 Å². The highest BCUT2D eigenvalue weighted by Gasteiger charge is 2.14. The molecule has 3 aromatic carbocycles. The maximum absolute atomic E-state index is 12.5. The summed E-state index contributed by atoms with van der Waals surface area (Å²) in [5.74, 6) is 3.41. The number of nitrogens with one attached hydrogen (secondary N) is 1. The second kappa shape index (κ2) is 9.22. The van der Waals surface area contributed by atoms with Crippen molar-refractivity contribution in [2.45, 2.75) is 19.8 Å². The average Bonchev–Trinajstić information content (AvgIpc) is 3.23. The van der Waals surface area contributed by atoms with Crippen LogP contribution in [0.3, 0.4) is 0 Å². The molecule has 4 rings (SSSR count). The van der Waals surface area contributed by atoms with Crippen LogP contribution in [0.4, 0.5) is 5.69 Å². The zero-order valence-corrected chi connectivity index (χ0v) is 16.7. The van der Waals surface area contributed by atoms with E-state index in [1.807, 2.05) is 73.7 Å². The third-order valence-electron chi connectivity index (χ3n) is 4.60. The molecule has 1 heterocycles. The molecule has 0 radical (unpaired) electrons. The Morgan fingerprint density at radius 2 is 1.73 bits per heavy atom. The van der Waals surface area contributed by atoms with Gasteiger partial charge in [-0.15, -0.1) is 0 Å². The molecule has 154 valence electrons. The Morgan fingerprint density at radius 1 is 0.967 bits per heavy atom. The molecule has 1 aliphatic heterocycles. The van der Waals surface area contributed by atoms with Gasteiger partial charge in [-0.2, -0.15) is 0 Å². The molecule has 1 aliphatic rings. The van der Waals surface area contributed by atoms with Gasteiger partial charge in [0.15, 0.2) is 17.2 Å². The predicted molar refractivity (Wildman–Crippen MR) is 114 cm³/mol. The molecule has 0 bridgehead atoms. The fourth-order valence-electron chi connectivity index (χ4n) is 3.12. The molecule has 0 atom stereocenters. The third-order valence-corrected chi connectivity index (χ3v) is 4.60. The summed E-state index contributed by atoms with van der Waals surface area (Å²) in [5, 5.41) is 2.94. The first kappa shape index (κ1) is 19.6. The minimum Gasteiger partial charge on any atom is -0.494 e. The van der Waals surface area contributed by atoms with E-state index in [0.29, 0.717) is 36.6 Å². The number of fused-ring (bicyclic) bond motifs is 1. The minimum absolute atomic E-state index is 0.0876. The van der Waals surface area contributed by atoms with Gasteiger partial charge in [0, 0.05) is 6.42 Å². The highest BCUT2D eigenvalue weighted by Crippen LogP contribution is 2.33. The average molecular weight is 405 g/mol. The molecule has 1 amide bonds. The topological polar surface area (TPSA) is 66.0 Å². The Hall–Kier alpha value is -3.67.